The van der Waals surface area contributed by atoms with Crippen molar-refractivity contribution in [1.82, 2.24) is 0 Å². The van der Waals surface area contributed by atoms with Gasteiger partial charge in [-0.1, -0.05) is 166 Å². The molecule has 0 aliphatic heterocycles. The fourth-order valence-corrected chi connectivity index (χ4v) is 8.01. The van der Waals surface area contributed by atoms with Gasteiger partial charge in [-0.25, -0.2) is 4.57 Å². The van der Waals surface area contributed by atoms with Crippen LogP contribution >= 0.6 is 7.82 Å². The molecule has 0 aromatic heterocycles. The van der Waals surface area contributed by atoms with Crippen LogP contribution in [-0.2, 0) is 27.9 Å². The lowest BCUT2D eigenvalue weighted by Crippen LogP contribution is -2.64. The van der Waals surface area contributed by atoms with Gasteiger partial charge in [-0.3, -0.25) is 13.8 Å². The van der Waals surface area contributed by atoms with Gasteiger partial charge in [0.25, 0.3) is 0 Å². The Balaban J connectivity index is 2.42. The first-order valence-corrected chi connectivity index (χ1v) is 25.0. The van der Waals surface area contributed by atoms with Crippen molar-refractivity contribution in [3.8, 4) is 0 Å². The number of allylic oxidation sites excluding steroid dienone is 7. The van der Waals surface area contributed by atoms with Gasteiger partial charge in [-0.05, 0) is 57.4 Å². The molecule has 0 bridgehead atoms. The number of rotatable bonds is 39. The summed E-state index contributed by atoms with van der Waals surface area (Å²) in [4.78, 5) is 23.1. The molecule has 1 saturated carbocycles. The van der Waals surface area contributed by atoms with Crippen molar-refractivity contribution in [2.75, 3.05) is 13.2 Å². The van der Waals surface area contributed by atoms with Crippen molar-refractivity contribution in [2.45, 2.75) is 230 Å². The molecule has 13 heteroatoms. The van der Waals surface area contributed by atoms with E-state index in [0.717, 1.165) is 70.6 Å². The Labute approximate surface area is 363 Å². The lowest BCUT2D eigenvalue weighted by atomic mass is 9.85. The molecule has 6 unspecified atom stereocenters. The predicted molar refractivity (Wildman–Crippen MR) is 239 cm³/mol. The van der Waals surface area contributed by atoms with E-state index in [1.54, 1.807) is 0 Å². The number of aliphatic hydroxyl groups is 5. The zero-order valence-corrected chi connectivity index (χ0v) is 38.1. The summed E-state index contributed by atoms with van der Waals surface area (Å²) < 4.78 is 33.9. The van der Waals surface area contributed by atoms with Crippen molar-refractivity contribution in [3.63, 3.8) is 0 Å². The Morgan fingerprint density at radius 1 is 0.550 bits per heavy atom. The van der Waals surface area contributed by atoms with E-state index in [2.05, 4.69) is 50.3 Å². The Kier molecular flexibility index (Phi) is 35.3. The molecule has 0 spiro atoms. The van der Waals surface area contributed by atoms with Gasteiger partial charge in [0.2, 0.25) is 0 Å². The molecule has 0 saturated heterocycles. The number of carbonyl (C=O) groups excluding carboxylic acids is 1. The van der Waals surface area contributed by atoms with Crippen LogP contribution in [0.5, 0.6) is 0 Å². The Morgan fingerprint density at radius 2 is 0.983 bits per heavy atom. The first-order valence-electron chi connectivity index (χ1n) is 23.5. The highest BCUT2D eigenvalue weighted by Crippen LogP contribution is 2.47. The normalized spacial score (nSPS) is 22.7. The molecule has 1 aliphatic rings. The molecule has 1 rings (SSSR count). The largest absolute Gasteiger partial charge is 0.498 e. The highest BCUT2D eigenvalue weighted by molar-refractivity contribution is 7.47. The van der Waals surface area contributed by atoms with Gasteiger partial charge in [0, 0.05) is 6.42 Å². The third kappa shape index (κ3) is 29.4. The van der Waals surface area contributed by atoms with Crippen molar-refractivity contribution in [2.24, 2.45) is 0 Å². The summed E-state index contributed by atoms with van der Waals surface area (Å²) in [5.41, 5.74) is 0. The first-order chi connectivity index (χ1) is 29.0. The maximum absolute atomic E-state index is 12.8. The smallest absolute Gasteiger partial charge is 0.472 e. The van der Waals surface area contributed by atoms with Crippen LogP contribution in [0.15, 0.2) is 48.8 Å². The third-order valence-electron chi connectivity index (χ3n) is 10.8. The monoisotopic (exact) mass is 873 g/mol. The number of carbonyl (C=O) groups is 1. The lowest BCUT2D eigenvalue weighted by Gasteiger charge is -2.41. The summed E-state index contributed by atoms with van der Waals surface area (Å²) >= 11 is 0. The minimum absolute atomic E-state index is 0.150. The number of phosphoric ester groups is 1. The highest BCUT2D eigenvalue weighted by Gasteiger charge is 2.51. The summed E-state index contributed by atoms with van der Waals surface area (Å²) in [6.45, 7) is 3.60. The van der Waals surface area contributed by atoms with Crippen LogP contribution in [-0.4, -0.2) is 92.3 Å². The quantitative estimate of drug-likeness (QED) is 0.0113. The molecule has 6 N–H and O–H groups in total. The molecule has 1 fully saturated rings. The minimum Gasteiger partial charge on any atom is -0.498 e. The van der Waals surface area contributed by atoms with Crippen LogP contribution in [0.1, 0.15) is 187 Å². The van der Waals surface area contributed by atoms with E-state index in [4.69, 9.17) is 18.5 Å². The number of aliphatic hydroxyl groups excluding tert-OH is 5. The second kappa shape index (κ2) is 37.7. The number of hydrogen-bond donors (Lipinski definition) is 6. The molecule has 0 aromatic carbocycles. The number of unbranched alkanes of at least 4 members (excludes halogenated alkanes) is 21. The van der Waals surface area contributed by atoms with E-state index in [1.807, 2.05) is 6.08 Å². The lowest BCUT2D eigenvalue weighted by molar-refractivity contribution is -0.220. The SMILES string of the molecule is CC/C=C\C/C=C\C/C=C\CCCCCCCC(=O)O[C@H](CO/C=C\CCCCCCCCCCCCCCCCCC)COP(=O)(O)OC1C(O)C(O)C(O)[C@@H](O)C1O. The van der Waals surface area contributed by atoms with Gasteiger partial charge in [0.15, 0.2) is 6.10 Å². The maximum Gasteiger partial charge on any atom is 0.472 e. The van der Waals surface area contributed by atoms with E-state index in [0.29, 0.717) is 6.42 Å². The summed E-state index contributed by atoms with van der Waals surface area (Å²) in [6, 6.07) is 0. The van der Waals surface area contributed by atoms with Crippen LogP contribution in [0.3, 0.4) is 0 Å². The molecule has 0 radical (unpaired) electrons. The van der Waals surface area contributed by atoms with Crippen LogP contribution in [0.25, 0.3) is 0 Å². The fraction of sp³-hybridized carbons (Fsp3) is 0.809. The van der Waals surface area contributed by atoms with E-state index >= 15 is 0 Å². The average Bonchev–Trinajstić information content (AvgIpc) is 3.23. The zero-order valence-electron chi connectivity index (χ0n) is 37.2. The van der Waals surface area contributed by atoms with Crippen LogP contribution in [0.2, 0.25) is 0 Å². The minimum atomic E-state index is -5.04. The second-order valence-electron chi connectivity index (χ2n) is 16.3. The molecule has 1 aliphatic carbocycles. The van der Waals surface area contributed by atoms with Gasteiger partial charge < -0.3 is 39.9 Å². The molecule has 0 aromatic rings. The van der Waals surface area contributed by atoms with E-state index in [9.17, 15) is 39.8 Å². The Bertz CT molecular complexity index is 1180. The number of esters is 1. The maximum atomic E-state index is 12.8. The third-order valence-corrected chi connectivity index (χ3v) is 11.8. The topological polar surface area (TPSA) is 192 Å². The van der Waals surface area contributed by atoms with Crippen molar-refractivity contribution in [1.29, 1.82) is 0 Å². The average molecular weight is 873 g/mol. The summed E-state index contributed by atoms with van der Waals surface area (Å²) in [5.74, 6) is -0.516. The van der Waals surface area contributed by atoms with Gasteiger partial charge in [0.05, 0.1) is 12.9 Å². The summed E-state index contributed by atoms with van der Waals surface area (Å²) in [7, 11) is -5.04. The molecule has 0 amide bonds. The molecular formula is C47H85O12P. The van der Waals surface area contributed by atoms with E-state index in [1.165, 1.54) is 96.2 Å². The van der Waals surface area contributed by atoms with Gasteiger partial charge in [-0.15, -0.1) is 0 Å². The molecular weight excluding hydrogens is 787 g/mol. The fourth-order valence-electron chi connectivity index (χ4n) is 7.04. The van der Waals surface area contributed by atoms with Crippen LogP contribution < -0.4 is 0 Å². The second-order valence-corrected chi connectivity index (χ2v) is 17.7. The molecule has 12 nitrogen and oxygen atoms in total. The van der Waals surface area contributed by atoms with Gasteiger partial charge >= 0.3 is 13.8 Å². The summed E-state index contributed by atoms with van der Waals surface area (Å²) in [5, 5.41) is 50.2. The Hall–Kier alpha value is -1.86. The molecule has 350 valence electrons. The Morgan fingerprint density at radius 3 is 1.50 bits per heavy atom. The first kappa shape index (κ1) is 56.2. The summed E-state index contributed by atoms with van der Waals surface area (Å²) in [6.07, 6.45) is 34.0. The van der Waals surface area contributed by atoms with Crippen molar-refractivity contribution in [3.05, 3.63) is 48.8 Å². The van der Waals surface area contributed by atoms with Gasteiger partial charge in [0.1, 0.15) is 43.2 Å². The predicted octanol–water partition coefficient (Wildman–Crippen LogP) is 9.99. The van der Waals surface area contributed by atoms with E-state index < -0.39 is 63.1 Å². The van der Waals surface area contributed by atoms with Crippen LogP contribution in [0, 0.1) is 0 Å². The molecule has 0 heterocycles. The number of hydrogen-bond acceptors (Lipinski definition) is 11. The molecule has 60 heavy (non-hydrogen) atoms. The molecule has 8 atom stereocenters. The van der Waals surface area contributed by atoms with Crippen molar-refractivity contribution < 1.29 is 58.3 Å². The standard InChI is InChI=1S/C47H85O12P/c1-3-5-7-9-11-13-15-17-19-20-21-23-25-27-29-31-33-35-37-56-38-40(39-57-60(54,55)59-47-45(52)43(50)42(49)44(51)46(47)53)58-41(48)36-34-32-30-28-26-24-22-18-16-14-12-10-8-6-4-2/h6,8,12,14,18,22,35,37,40,42-47,49-53H,3-5,7,9-11,13,15-17,19-21,23-34,36,38-39H2,1-2H3,(H,54,55)/b8-6-,14-12-,22-18-,37-35-/t40-,42?,43-,44?,45?,46?,47?/m1/s1. The number of phosphoric acid groups is 1. The van der Waals surface area contributed by atoms with Crippen LogP contribution in [0.4, 0.5) is 0 Å². The number of ether oxygens (including phenoxy) is 2. The highest BCUT2D eigenvalue weighted by atomic mass is 31.2. The van der Waals surface area contributed by atoms with E-state index in [-0.39, 0.29) is 13.0 Å². The van der Waals surface area contributed by atoms with Crippen molar-refractivity contribution >= 4 is 13.8 Å². The van der Waals surface area contributed by atoms with Gasteiger partial charge in [-0.2, -0.15) is 0 Å². The zero-order chi connectivity index (χ0) is 44.1.